The van der Waals surface area contributed by atoms with E-state index in [0.29, 0.717) is 6.42 Å². The number of amides is 1. The zero-order valence-electron chi connectivity index (χ0n) is 35.2. The highest BCUT2D eigenvalue weighted by Crippen LogP contribution is 2.22. The van der Waals surface area contributed by atoms with Crippen molar-refractivity contribution in [3.8, 4) is 0 Å². The Kier molecular flexibility index (Phi) is 34.3. The van der Waals surface area contributed by atoms with Crippen molar-refractivity contribution in [3.05, 3.63) is 36.5 Å². The molecule has 0 aromatic carbocycles. The lowest BCUT2D eigenvalue weighted by Gasteiger charge is -2.40. The van der Waals surface area contributed by atoms with E-state index in [2.05, 4.69) is 43.5 Å². The monoisotopic (exact) mass is 780 g/mol. The van der Waals surface area contributed by atoms with E-state index in [1.54, 1.807) is 6.08 Å². The molecule has 1 saturated heterocycles. The second kappa shape index (κ2) is 36.7. The van der Waals surface area contributed by atoms with Gasteiger partial charge in [0, 0.05) is 6.42 Å². The minimum Gasteiger partial charge on any atom is -0.394 e. The minimum absolute atomic E-state index is 0.208. The first-order valence-corrected chi connectivity index (χ1v) is 22.7. The zero-order chi connectivity index (χ0) is 40.2. The molecule has 9 nitrogen and oxygen atoms in total. The lowest BCUT2D eigenvalue weighted by Crippen LogP contribution is -2.60. The molecule has 322 valence electrons. The molecule has 55 heavy (non-hydrogen) atoms. The second-order valence-electron chi connectivity index (χ2n) is 15.8. The van der Waals surface area contributed by atoms with Crippen LogP contribution in [0.5, 0.6) is 0 Å². The van der Waals surface area contributed by atoms with Gasteiger partial charge in [-0.15, -0.1) is 0 Å². The van der Waals surface area contributed by atoms with Crippen molar-refractivity contribution in [1.82, 2.24) is 5.32 Å². The van der Waals surface area contributed by atoms with Crippen LogP contribution in [-0.4, -0.2) is 87.5 Å². The van der Waals surface area contributed by atoms with Crippen molar-refractivity contribution in [2.75, 3.05) is 13.2 Å². The van der Waals surface area contributed by atoms with Gasteiger partial charge in [0.25, 0.3) is 0 Å². The third-order valence-electron chi connectivity index (χ3n) is 10.7. The molecule has 0 aliphatic carbocycles. The molecule has 0 bridgehead atoms. The van der Waals surface area contributed by atoms with Crippen LogP contribution < -0.4 is 5.32 Å². The Morgan fingerprint density at radius 3 is 1.53 bits per heavy atom. The van der Waals surface area contributed by atoms with Gasteiger partial charge in [-0.1, -0.05) is 179 Å². The number of hydrogen-bond acceptors (Lipinski definition) is 8. The van der Waals surface area contributed by atoms with Crippen LogP contribution in [0.1, 0.15) is 194 Å². The average molecular weight is 780 g/mol. The summed E-state index contributed by atoms with van der Waals surface area (Å²) in [4.78, 5) is 12.5. The summed E-state index contributed by atoms with van der Waals surface area (Å²) in [5.74, 6) is -0.217. The summed E-state index contributed by atoms with van der Waals surface area (Å²) in [6.07, 6.45) is 38.8. The Hall–Kier alpha value is -1.59. The lowest BCUT2D eigenvalue weighted by atomic mass is 9.99. The number of unbranched alkanes of at least 4 members (excludes halogenated alkanes) is 23. The number of nitrogens with one attached hydrogen (secondary N) is 1. The minimum atomic E-state index is -1.57. The summed E-state index contributed by atoms with van der Waals surface area (Å²) in [7, 11) is 0. The number of aliphatic hydroxyl groups excluding tert-OH is 5. The maximum absolute atomic E-state index is 12.5. The highest BCUT2D eigenvalue weighted by Gasteiger charge is 2.44. The third kappa shape index (κ3) is 27.6. The molecule has 9 heteroatoms. The summed E-state index contributed by atoms with van der Waals surface area (Å²) >= 11 is 0. The summed E-state index contributed by atoms with van der Waals surface area (Å²) < 4.78 is 11.1. The van der Waals surface area contributed by atoms with Crippen LogP contribution in [0.25, 0.3) is 0 Å². The van der Waals surface area contributed by atoms with E-state index < -0.39 is 49.5 Å². The Bertz CT molecular complexity index is 956. The quantitative estimate of drug-likeness (QED) is 0.0270. The van der Waals surface area contributed by atoms with E-state index >= 15 is 0 Å². The van der Waals surface area contributed by atoms with Crippen LogP contribution in [-0.2, 0) is 14.3 Å². The van der Waals surface area contributed by atoms with E-state index in [1.807, 2.05) is 6.08 Å². The molecule has 0 spiro atoms. The fraction of sp³-hybridized carbons (Fsp3) is 0.848. The standard InChI is InChI=1S/C46H85NO8/c1-3-5-7-8-9-10-11-12-13-14-15-16-17-18-19-20-21-22-23-24-25-26-27-28-29-30-31-32-34-35-40(49)39(47-42(50)36-33-6-4-2)38-54-46-45(53)44(52)43(51)41(37-48)55-46/h25-26,29-30,34-35,39-41,43-46,48-49,51-53H,3-24,27-28,31-33,36-38H2,1-2H3,(H,47,50)/b26-25+,30-29+,35-34+. The van der Waals surface area contributed by atoms with E-state index in [9.17, 15) is 30.3 Å². The number of aliphatic hydroxyl groups is 5. The smallest absolute Gasteiger partial charge is 0.220 e. The topological polar surface area (TPSA) is 149 Å². The molecule has 0 aromatic rings. The SMILES string of the molecule is CCCCCCCCCCCCCCCCCCCCC/C=C/CC/C=C/CC/C=C/C(O)C(COC1OC(CO)C(O)C(O)C1O)NC(=O)CCCCC. The fourth-order valence-corrected chi connectivity index (χ4v) is 7.01. The van der Waals surface area contributed by atoms with Crippen molar-refractivity contribution in [3.63, 3.8) is 0 Å². The van der Waals surface area contributed by atoms with Crippen molar-refractivity contribution in [1.29, 1.82) is 0 Å². The van der Waals surface area contributed by atoms with Crippen LogP contribution in [0.4, 0.5) is 0 Å². The number of carbonyl (C=O) groups excluding carboxylic acids is 1. The van der Waals surface area contributed by atoms with Gasteiger partial charge in [-0.05, 0) is 44.9 Å². The molecule has 7 atom stereocenters. The van der Waals surface area contributed by atoms with Crippen LogP contribution in [0, 0.1) is 0 Å². The molecule has 7 unspecified atom stereocenters. The van der Waals surface area contributed by atoms with E-state index in [0.717, 1.165) is 44.9 Å². The molecule has 0 saturated carbocycles. The highest BCUT2D eigenvalue weighted by atomic mass is 16.7. The zero-order valence-corrected chi connectivity index (χ0v) is 35.2. The molecule has 1 aliphatic rings. The van der Waals surface area contributed by atoms with Gasteiger partial charge in [-0.2, -0.15) is 0 Å². The normalized spacial score (nSPS) is 21.6. The van der Waals surface area contributed by atoms with Crippen molar-refractivity contribution in [2.45, 2.75) is 236 Å². The molecule has 1 fully saturated rings. The second-order valence-corrected chi connectivity index (χ2v) is 15.8. The van der Waals surface area contributed by atoms with E-state index in [4.69, 9.17) is 9.47 Å². The first-order chi connectivity index (χ1) is 26.8. The van der Waals surface area contributed by atoms with Crippen LogP contribution in [0.3, 0.4) is 0 Å². The maximum atomic E-state index is 12.5. The van der Waals surface area contributed by atoms with Gasteiger partial charge in [-0.25, -0.2) is 0 Å². The molecule has 0 radical (unpaired) electrons. The average Bonchev–Trinajstić information content (AvgIpc) is 3.18. The predicted molar refractivity (Wildman–Crippen MR) is 226 cm³/mol. The van der Waals surface area contributed by atoms with Crippen molar-refractivity contribution >= 4 is 5.91 Å². The summed E-state index contributed by atoms with van der Waals surface area (Å²) in [6.45, 7) is 3.56. The number of ether oxygens (including phenoxy) is 2. The Labute approximate surface area is 336 Å². The maximum Gasteiger partial charge on any atom is 0.220 e. The van der Waals surface area contributed by atoms with E-state index in [-0.39, 0.29) is 12.5 Å². The molecule has 6 N–H and O–H groups in total. The fourth-order valence-electron chi connectivity index (χ4n) is 7.01. The largest absolute Gasteiger partial charge is 0.394 e. The third-order valence-corrected chi connectivity index (χ3v) is 10.7. The van der Waals surface area contributed by atoms with E-state index in [1.165, 1.54) is 128 Å². The number of carbonyl (C=O) groups is 1. The molecule has 1 heterocycles. The highest BCUT2D eigenvalue weighted by molar-refractivity contribution is 5.76. The van der Waals surface area contributed by atoms with Gasteiger partial charge in [0.05, 0.1) is 25.4 Å². The lowest BCUT2D eigenvalue weighted by molar-refractivity contribution is -0.302. The summed E-state index contributed by atoms with van der Waals surface area (Å²) in [5, 5.41) is 53.5. The molecule has 0 aromatic heterocycles. The summed E-state index contributed by atoms with van der Waals surface area (Å²) in [6, 6.07) is -0.820. The van der Waals surface area contributed by atoms with Crippen molar-refractivity contribution in [2.24, 2.45) is 0 Å². The van der Waals surface area contributed by atoms with Crippen molar-refractivity contribution < 1.29 is 39.8 Å². The van der Waals surface area contributed by atoms with Gasteiger partial charge < -0.3 is 40.3 Å². The van der Waals surface area contributed by atoms with Gasteiger partial charge in [-0.3, -0.25) is 4.79 Å². The Morgan fingerprint density at radius 2 is 1.04 bits per heavy atom. The number of allylic oxidation sites excluding steroid dienone is 5. The predicted octanol–water partition coefficient (Wildman–Crippen LogP) is 9.28. The van der Waals surface area contributed by atoms with Crippen LogP contribution in [0.15, 0.2) is 36.5 Å². The molecule has 1 aliphatic heterocycles. The van der Waals surface area contributed by atoms with Gasteiger partial charge in [0.15, 0.2) is 6.29 Å². The number of rotatable bonds is 37. The number of hydrogen-bond donors (Lipinski definition) is 6. The molecule has 1 amide bonds. The Balaban J connectivity index is 2.12. The van der Waals surface area contributed by atoms with Gasteiger partial charge >= 0.3 is 0 Å². The van der Waals surface area contributed by atoms with Gasteiger partial charge in [0.2, 0.25) is 5.91 Å². The molecular formula is C46H85NO8. The first-order valence-electron chi connectivity index (χ1n) is 22.7. The molecular weight excluding hydrogens is 695 g/mol. The summed E-state index contributed by atoms with van der Waals surface area (Å²) in [5.41, 5.74) is 0. The first kappa shape index (κ1) is 51.4. The molecule has 1 rings (SSSR count). The Morgan fingerprint density at radius 1 is 0.600 bits per heavy atom. The van der Waals surface area contributed by atoms with Crippen LogP contribution in [0.2, 0.25) is 0 Å². The van der Waals surface area contributed by atoms with Gasteiger partial charge in [0.1, 0.15) is 24.4 Å². The van der Waals surface area contributed by atoms with Crippen LogP contribution >= 0.6 is 0 Å².